The van der Waals surface area contributed by atoms with E-state index < -0.39 is 5.87 Å². The van der Waals surface area contributed by atoms with Crippen LogP contribution in [0.4, 0.5) is 4.79 Å². The molecule has 0 atom stereocenters. The summed E-state index contributed by atoms with van der Waals surface area (Å²) in [5.74, 6) is -0.948. The normalized spacial score (nSPS) is 8.80. The van der Waals surface area contributed by atoms with E-state index in [2.05, 4.69) is 0 Å². The summed E-state index contributed by atoms with van der Waals surface area (Å²) in [7, 11) is 1.08. The molecule has 0 saturated heterocycles. The topological polar surface area (TPSA) is 41.2 Å². The molecule has 0 aliphatic heterocycles. The van der Waals surface area contributed by atoms with Crippen molar-refractivity contribution in [1.82, 2.24) is 0 Å². The van der Waals surface area contributed by atoms with Crippen LogP contribution in [0.3, 0.4) is 0 Å². The second-order valence-electron chi connectivity index (χ2n) is 1.79. The van der Waals surface area contributed by atoms with Gasteiger partial charge < -0.3 is 5.11 Å². The number of nitrogens with zero attached hydrogens (tertiary/aromatic N) is 1. The molecule has 0 spiro atoms. The summed E-state index contributed by atoms with van der Waals surface area (Å²) in [6, 6.07) is 5.35. The van der Waals surface area contributed by atoms with Crippen LogP contribution in [0.15, 0.2) is 30.6 Å². The minimum Gasteiger partial charge on any atom is -0.483 e. The molecule has 1 radical (unpaired) electrons. The van der Waals surface area contributed by atoms with Crippen molar-refractivity contribution in [2.24, 2.45) is 0 Å². The van der Waals surface area contributed by atoms with Crippen LogP contribution in [0.5, 0.6) is 0 Å². The Hall–Kier alpha value is -1.32. The van der Waals surface area contributed by atoms with Gasteiger partial charge in [-0.25, -0.2) is 0 Å². The Bertz CT molecular complexity index is 224. The molecule has 1 aromatic heterocycles. The Labute approximate surface area is 59.2 Å². The minimum atomic E-state index is -0.948. The Morgan fingerprint density at radius 3 is 2.40 bits per heavy atom. The van der Waals surface area contributed by atoms with Crippen molar-refractivity contribution in [2.45, 2.75) is 0 Å². The van der Waals surface area contributed by atoms with Crippen molar-refractivity contribution < 1.29 is 14.4 Å². The highest BCUT2D eigenvalue weighted by atomic mass is 16.4. The monoisotopic (exact) mass is 135 g/mol. The van der Waals surface area contributed by atoms with Crippen LogP contribution in [-0.4, -0.2) is 18.4 Å². The SMILES string of the molecule is O=C(O)[B][n+]1ccccc1. The summed E-state index contributed by atoms with van der Waals surface area (Å²) in [6.07, 6.45) is 3.32. The number of carbonyl (C=O) groups is 1. The van der Waals surface area contributed by atoms with Crippen LogP contribution in [0.1, 0.15) is 0 Å². The average Bonchev–Trinajstić information content (AvgIpc) is 1.88. The van der Waals surface area contributed by atoms with E-state index in [0.29, 0.717) is 0 Å². The molecule has 4 heteroatoms. The van der Waals surface area contributed by atoms with Gasteiger partial charge in [0.05, 0.1) is 0 Å². The largest absolute Gasteiger partial charge is 0.668 e. The zero-order valence-electron chi connectivity index (χ0n) is 5.27. The van der Waals surface area contributed by atoms with E-state index in [0.717, 1.165) is 7.41 Å². The molecule has 49 valence electrons. The molecule has 0 aliphatic carbocycles. The average molecular weight is 135 g/mol. The van der Waals surface area contributed by atoms with E-state index in [1.165, 1.54) is 4.48 Å². The zero-order valence-corrected chi connectivity index (χ0v) is 5.27. The third-order valence-electron chi connectivity index (χ3n) is 0.998. The summed E-state index contributed by atoms with van der Waals surface area (Å²) in [5, 5.41) is 8.29. The second-order valence-corrected chi connectivity index (χ2v) is 1.79. The highest BCUT2D eigenvalue weighted by Gasteiger charge is 2.14. The van der Waals surface area contributed by atoms with Crippen LogP contribution in [0, 0.1) is 0 Å². The van der Waals surface area contributed by atoms with E-state index in [1.54, 1.807) is 24.5 Å². The zero-order chi connectivity index (χ0) is 7.40. The fourth-order valence-corrected chi connectivity index (χ4v) is 0.626. The Morgan fingerprint density at radius 1 is 1.30 bits per heavy atom. The van der Waals surface area contributed by atoms with Gasteiger partial charge in [-0.05, 0) is 12.1 Å². The van der Waals surface area contributed by atoms with Gasteiger partial charge in [-0.2, -0.15) is 0 Å². The third-order valence-corrected chi connectivity index (χ3v) is 0.998. The molecule has 3 nitrogen and oxygen atoms in total. The molecule has 1 heterocycles. The van der Waals surface area contributed by atoms with E-state index in [-0.39, 0.29) is 0 Å². The van der Waals surface area contributed by atoms with Crippen molar-refractivity contribution in [2.75, 3.05) is 0 Å². The van der Waals surface area contributed by atoms with Crippen molar-refractivity contribution in [1.29, 1.82) is 0 Å². The molecule has 0 aromatic carbocycles. The predicted octanol–water partition coefficient (Wildman–Crippen LogP) is 0.119. The summed E-state index contributed by atoms with van der Waals surface area (Å²) >= 11 is 0. The molecular weight excluding hydrogens is 129 g/mol. The van der Waals surface area contributed by atoms with Crippen LogP contribution >= 0.6 is 0 Å². The van der Waals surface area contributed by atoms with E-state index in [4.69, 9.17) is 5.11 Å². The molecule has 1 aromatic rings. The lowest BCUT2D eigenvalue weighted by Gasteiger charge is -1.85. The first-order valence-corrected chi connectivity index (χ1v) is 2.82. The number of pyridine rings is 1. The van der Waals surface area contributed by atoms with Crippen LogP contribution < -0.4 is 4.48 Å². The molecule has 0 bridgehead atoms. The Balaban J connectivity index is 2.67. The smallest absolute Gasteiger partial charge is 0.483 e. The first-order valence-electron chi connectivity index (χ1n) is 2.82. The lowest BCUT2D eigenvalue weighted by Crippen LogP contribution is -2.43. The number of aromatic nitrogens is 1. The van der Waals surface area contributed by atoms with Gasteiger partial charge in [0.1, 0.15) is 12.4 Å². The highest BCUT2D eigenvalue weighted by Crippen LogP contribution is 1.74. The standard InChI is InChI=1S/C6H6BNO2/c9-6(10)7-8-4-2-1-3-5-8/h1-5H,(H,9,10)/q+1. The molecule has 0 saturated carbocycles. The first-order chi connectivity index (χ1) is 4.79. The molecule has 0 amide bonds. The highest BCUT2D eigenvalue weighted by molar-refractivity contribution is 6.64. The number of hydrogen-bond acceptors (Lipinski definition) is 1. The molecule has 0 aliphatic rings. The van der Waals surface area contributed by atoms with E-state index in [9.17, 15) is 4.79 Å². The summed E-state index contributed by atoms with van der Waals surface area (Å²) in [6.45, 7) is 0. The van der Waals surface area contributed by atoms with E-state index >= 15 is 0 Å². The minimum absolute atomic E-state index is 0.948. The molecule has 1 N–H and O–H groups in total. The fraction of sp³-hybridized carbons (Fsp3) is 0. The van der Waals surface area contributed by atoms with Crippen molar-refractivity contribution in [3.8, 4) is 0 Å². The van der Waals surface area contributed by atoms with Crippen molar-refractivity contribution in [3.63, 3.8) is 0 Å². The van der Waals surface area contributed by atoms with Crippen molar-refractivity contribution in [3.05, 3.63) is 30.6 Å². The summed E-state index contributed by atoms with van der Waals surface area (Å²) < 4.78 is 1.47. The molecule has 1 rings (SSSR count). The van der Waals surface area contributed by atoms with Crippen LogP contribution in [-0.2, 0) is 0 Å². The van der Waals surface area contributed by atoms with Crippen LogP contribution in [0.25, 0.3) is 0 Å². The fourth-order valence-electron chi connectivity index (χ4n) is 0.626. The third kappa shape index (κ3) is 1.89. The summed E-state index contributed by atoms with van der Waals surface area (Å²) in [5.41, 5.74) is 0. The molecule has 0 unspecified atom stereocenters. The van der Waals surface area contributed by atoms with Gasteiger partial charge in [0, 0.05) is 0 Å². The van der Waals surface area contributed by atoms with Crippen molar-refractivity contribution >= 4 is 13.3 Å². The second kappa shape index (κ2) is 3.01. The van der Waals surface area contributed by atoms with Gasteiger partial charge in [-0.1, -0.05) is 6.07 Å². The first kappa shape index (κ1) is 6.80. The quantitative estimate of drug-likeness (QED) is 0.585. The van der Waals surface area contributed by atoms with Crippen LogP contribution in [0.2, 0.25) is 0 Å². The Kier molecular flexibility index (Phi) is 2.05. The lowest BCUT2D eigenvalue weighted by atomic mass is 9.95. The predicted molar refractivity (Wildman–Crippen MR) is 35.8 cm³/mol. The van der Waals surface area contributed by atoms with Gasteiger partial charge in [0.2, 0.25) is 0 Å². The van der Waals surface area contributed by atoms with Gasteiger partial charge in [-0.15, -0.1) is 0 Å². The maximum atomic E-state index is 10.1. The molecule has 10 heavy (non-hydrogen) atoms. The maximum absolute atomic E-state index is 10.1. The molecule has 0 fully saturated rings. The van der Waals surface area contributed by atoms with Gasteiger partial charge >= 0.3 is 13.3 Å². The number of hydrogen-bond donors (Lipinski definition) is 1. The number of carboxylic acid groups (broad SMARTS) is 1. The Morgan fingerprint density at radius 2 is 1.90 bits per heavy atom. The summed E-state index contributed by atoms with van der Waals surface area (Å²) in [4.78, 5) is 10.1. The van der Waals surface area contributed by atoms with E-state index in [1.807, 2.05) is 6.07 Å². The maximum Gasteiger partial charge on any atom is 0.668 e. The van der Waals surface area contributed by atoms with Gasteiger partial charge in [-0.3, -0.25) is 9.27 Å². The number of rotatable bonds is 2. The lowest BCUT2D eigenvalue weighted by molar-refractivity contribution is -0.527. The van der Waals surface area contributed by atoms with Gasteiger partial charge in [0.15, 0.2) is 0 Å². The van der Waals surface area contributed by atoms with Gasteiger partial charge in [0.25, 0.3) is 0 Å². The molecular formula is C6H6BNO2+.